The van der Waals surface area contributed by atoms with Gasteiger partial charge in [-0.3, -0.25) is 4.79 Å². The summed E-state index contributed by atoms with van der Waals surface area (Å²) in [5.41, 5.74) is 5.47. The third kappa shape index (κ3) is 4.21. The van der Waals surface area contributed by atoms with E-state index in [4.69, 9.17) is 10.9 Å². The lowest BCUT2D eigenvalue weighted by Gasteiger charge is -2.23. The summed E-state index contributed by atoms with van der Waals surface area (Å²) in [5, 5.41) is 14.4. The van der Waals surface area contributed by atoms with Gasteiger partial charge in [0.2, 0.25) is 0 Å². The third-order valence-electron chi connectivity index (χ3n) is 2.67. The average Bonchev–Trinajstić information content (AvgIpc) is 2.35. The Kier molecular flexibility index (Phi) is 5.37. The van der Waals surface area contributed by atoms with Crippen molar-refractivity contribution in [2.24, 2.45) is 16.3 Å². The maximum Gasteiger partial charge on any atom is 0.252 e. The van der Waals surface area contributed by atoms with Crippen molar-refractivity contribution < 1.29 is 10.0 Å². The van der Waals surface area contributed by atoms with Gasteiger partial charge in [0.1, 0.15) is 5.84 Å². The van der Waals surface area contributed by atoms with E-state index in [1.54, 1.807) is 32.0 Å². The summed E-state index contributed by atoms with van der Waals surface area (Å²) >= 11 is 6.65. The van der Waals surface area contributed by atoms with Crippen LogP contribution in [0.5, 0.6) is 0 Å². The van der Waals surface area contributed by atoms with E-state index in [0.717, 1.165) is 4.47 Å². The molecule has 0 aliphatic rings. The second-order valence-corrected chi connectivity index (χ2v) is 6.45. The quantitative estimate of drug-likeness (QED) is 0.318. The number of nitrogens with two attached hydrogens (primary N) is 1. The Morgan fingerprint density at radius 2 is 2.11 bits per heavy atom. The molecular weight excluding hydrogens is 378 g/mol. The second-order valence-electron chi connectivity index (χ2n) is 4.68. The van der Waals surface area contributed by atoms with E-state index in [0.29, 0.717) is 10.0 Å². The summed E-state index contributed by atoms with van der Waals surface area (Å²) < 4.78 is 1.58. The molecule has 0 unspecified atom stereocenters. The van der Waals surface area contributed by atoms with Gasteiger partial charge in [0, 0.05) is 20.9 Å². The number of benzene rings is 1. The molecular formula is C12H15Br2N3O2. The Morgan fingerprint density at radius 3 is 2.63 bits per heavy atom. The van der Waals surface area contributed by atoms with Crippen molar-refractivity contribution in [2.45, 2.75) is 13.8 Å². The lowest BCUT2D eigenvalue weighted by Crippen LogP contribution is -2.42. The van der Waals surface area contributed by atoms with Crippen molar-refractivity contribution in [1.82, 2.24) is 5.32 Å². The number of amidine groups is 1. The third-order valence-corrected chi connectivity index (χ3v) is 3.82. The maximum absolute atomic E-state index is 12.0. The maximum atomic E-state index is 12.0. The van der Waals surface area contributed by atoms with Gasteiger partial charge in [0.25, 0.3) is 5.91 Å². The summed E-state index contributed by atoms with van der Waals surface area (Å²) in [6.45, 7) is 3.82. The minimum atomic E-state index is -0.619. The minimum absolute atomic E-state index is 0.0719. The van der Waals surface area contributed by atoms with E-state index in [1.165, 1.54) is 0 Å². The number of rotatable bonds is 4. The summed E-state index contributed by atoms with van der Waals surface area (Å²) in [4.78, 5) is 12.0. The molecule has 0 radical (unpaired) electrons. The molecule has 7 heteroatoms. The first-order valence-corrected chi connectivity index (χ1v) is 7.08. The zero-order valence-corrected chi connectivity index (χ0v) is 13.7. The molecule has 0 fully saturated rings. The van der Waals surface area contributed by atoms with Gasteiger partial charge < -0.3 is 16.3 Å². The highest BCUT2D eigenvalue weighted by atomic mass is 79.9. The number of oxime groups is 1. The Hall–Kier alpha value is -1.08. The van der Waals surface area contributed by atoms with Crippen LogP contribution in [0.2, 0.25) is 0 Å². The first-order chi connectivity index (χ1) is 8.77. The van der Waals surface area contributed by atoms with Crippen LogP contribution >= 0.6 is 31.9 Å². The number of nitrogens with one attached hydrogen (secondary N) is 1. The first-order valence-electron chi connectivity index (χ1n) is 5.49. The summed E-state index contributed by atoms with van der Waals surface area (Å²) in [7, 11) is 0. The molecule has 0 atom stereocenters. The number of amides is 1. The van der Waals surface area contributed by atoms with Gasteiger partial charge in [-0.2, -0.15) is 0 Å². The number of nitrogens with zero attached hydrogens (tertiary/aromatic N) is 1. The number of hydrogen-bond donors (Lipinski definition) is 3. The van der Waals surface area contributed by atoms with Gasteiger partial charge in [-0.25, -0.2) is 0 Å². The molecule has 1 aromatic rings. The number of halogens is 2. The van der Waals surface area contributed by atoms with Crippen LogP contribution in [0.25, 0.3) is 0 Å². The van der Waals surface area contributed by atoms with Crippen LogP contribution in [-0.2, 0) is 0 Å². The molecule has 19 heavy (non-hydrogen) atoms. The predicted molar refractivity (Wildman–Crippen MR) is 81.4 cm³/mol. The van der Waals surface area contributed by atoms with E-state index in [9.17, 15) is 4.79 Å². The number of carbonyl (C=O) groups is 1. The molecule has 1 rings (SSSR count). The van der Waals surface area contributed by atoms with E-state index in [-0.39, 0.29) is 18.3 Å². The standard InChI is InChI=1S/C12H15Br2N3O2/c1-12(2,11(15)17-19)6-16-10(18)8-4-3-7(13)5-9(8)14/h3-5,19H,6H2,1-2H3,(H2,15,17)(H,16,18). The monoisotopic (exact) mass is 391 g/mol. The van der Waals surface area contributed by atoms with Gasteiger partial charge in [0.15, 0.2) is 0 Å². The van der Waals surface area contributed by atoms with Gasteiger partial charge in [-0.05, 0) is 34.1 Å². The summed E-state index contributed by atoms with van der Waals surface area (Å²) in [6.07, 6.45) is 0. The minimum Gasteiger partial charge on any atom is -0.409 e. The highest BCUT2D eigenvalue weighted by molar-refractivity contribution is 9.11. The molecule has 0 heterocycles. The Bertz CT molecular complexity index is 516. The number of carbonyl (C=O) groups excluding carboxylic acids is 1. The molecule has 104 valence electrons. The van der Waals surface area contributed by atoms with Crippen LogP contribution in [0, 0.1) is 5.41 Å². The van der Waals surface area contributed by atoms with Crippen molar-refractivity contribution >= 4 is 43.6 Å². The van der Waals surface area contributed by atoms with Crippen molar-refractivity contribution in [3.05, 3.63) is 32.7 Å². The average molecular weight is 393 g/mol. The zero-order chi connectivity index (χ0) is 14.6. The topological polar surface area (TPSA) is 87.7 Å². The highest BCUT2D eigenvalue weighted by Crippen LogP contribution is 2.22. The van der Waals surface area contributed by atoms with Crippen LogP contribution in [0.15, 0.2) is 32.3 Å². The van der Waals surface area contributed by atoms with Crippen LogP contribution in [0.4, 0.5) is 0 Å². The van der Waals surface area contributed by atoms with E-state index >= 15 is 0 Å². The fraction of sp³-hybridized carbons (Fsp3) is 0.333. The van der Waals surface area contributed by atoms with Crippen molar-refractivity contribution in [3.8, 4) is 0 Å². The van der Waals surface area contributed by atoms with Crippen LogP contribution in [-0.4, -0.2) is 23.5 Å². The summed E-state index contributed by atoms with van der Waals surface area (Å²) in [6, 6.07) is 5.29. The smallest absolute Gasteiger partial charge is 0.252 e. The lowest BCUT2D eigenvalue weighted by atomic mass is 9.92. The molecule has 4 N–H and O–H groups in total. The van der Waals surface area contributed by atoms with E-state index in [2.05, 4.69) is 42.3 Å². The fourth-order valence-corrected chi connectivity index (χ4v) is 2.52. The number of hydrogen-bond acceptors (Lipinski definition) is 3. The molecule has 0 saturated carbocycles. The molecule has 1 aromatic carbocycles. The molecule has 0 aliphatic carbocycles. The van der Waals surface area contributed by atoms with Gasteiger partial charge in [0.05, 0.1) is 5.56 Å². The van der Waals surface area contributed by atoms with E-state index < -0.39 is 5.41 Å². The first kappa shape index (κ1) is 16.0. The van der Waals surface area contributed by atoms with Gasteiger partial charge in [-0.1, -0.05) is 34.9 Å². The Labute approximate surface area is 128 Å². The van der Waals surface area contributed by atoms with Crippen LogP contribution < -0.4 is 11.1 Å². The molecule has 1 amide bonds. The molecule has 0 aromatic heterocycles. The summed E-state index contributed by atoms with van der Waals surface area (Å²) in [5.74, 6) is -0.152. The lowest BCUT2D eigenvalue weighted by molar-refractivity contribution is 0.0943. The molecule has 0 aliphatic heterocycles. The Balaban J connectivity index is 2.76. The van der Waals surface area contributed by atoms with E-state index in [1.807, 2.05) is 0 Å². The van der Waals surface area contributed by atoms with Crippen LogP contribution in [0.3, 0.4) is 0 Å². The molecule has 0 saturated heterocycles. The zero-order valence-electron chi connectivity index (χ0n) is 10.6. The highest BCUT2D eigenvalue weighted by Gasteiger charge is 2.24. The van der Waals surface area contributed by atoms with Crippen molar-refractivity contribution in [3.63, 3.8) is 0 Å². The van der Waals surface area contributed by atoms with Gasteiger partial charge >= 0.3 is 0 Å². The predicted octanol–water partition coefficient (Wildman–Crippen LogP) is 2.71. The van der Waals surface area contributed by atoms with Crippen molar-refractivity contribution in [2.75, 3.05) is 6.54 Å². The molecule has 5 nitrogen and oxygen atoms in total. The SMILES string of the molecule is CC(C)(CNC(=O)c1ccc(Br)cc1Br)/C(N)=N/O. The Morgan fingerprint density at radius 1 is 1.47 bits per heavy atom. The second kappa shape index (κ2) is 6.38. The van der Waals surface area contributed by atoms with Crippen molar-refractivity contribution in [1.29, 1.82) is 0 Å². The van der Waals surface area contributed by atoms with Crippen LogP contribution in [0.1, 0.15) is 24.2 Å². The van der Waals surface area contributed by atoms with Gasteiger partial charge in [-0.15, -0.1) is 0 Å². The largest absolute Gasteiger partial charge is 0.409 e. The molecule has 0 spiro atoms. The normalized spacial score (nSPS) is 12.3. The fourth-order valence-electron chi connectivity index (χ4n) is 1.30. The molecule has 0 bridgehead atoms.